The van der Waals surface area contributed by atoms with Crippen LogP contribution in [0, 0.1) is 13.8 Å². The quantitative estimate of drug-likeness (QED) is 0.690. The standard InChI is InChI=1S/C16H16N4S/c1-12-10-13(2)20(19-12)15-16(18-9-8-17-15)21-11-14-6-4-3-5-7-14/h3-10H,11H2,1-2H3. The number of aromatic nitrogens is 4. The predicted octanol–water partition coefficient (Wildman–Crippen LogP) is 3.57. The molecule has 0 radical (unpaired) electrons. The van der Waals surface area contributed by atoms with E-state index < -0.39 is 0 Å². The fraction of sp³-hybridized carbons (Fsp3) is 0.188. The minimum Gasteiger partial charge on any atom is -0.244 e. The molecule has 0 saturated carbocycles. The monoisotopic (exact) mass is 296 g/mol. The number of rotatable bonds is 4. The van der Waals surface area contributed by atoms with Crippen LogP contribution >= 0.6 is 11.8 Å². The third kappa shape index (κ3) is 3.13. The molecule has 0 N–H and O–H groups in total. The van der Waals surface area contributed by atoms with Crippen molar-refractivity contribution in [1.82, 2.24) is 19.7 Å². The molecule has 3 aromatic rings. The van der Waals surface area contributed by atoms with Gasteiger partial charge in [-0.05, 0) is 25.5 Å². The Kier molecular flexibility index (Phi) is 4.01. The highest BCUT2D eigenvalue weighted by Gasteiger charge is 2.12. The molecule has 0 aliphatic heterocycles. The van der Waals surface area contributed by atoms with E-state index >= 15 is 0 Å². The lowest BCUT2D eigenvalue weighted by atomic mass is 10.2. The first kappa shape index (κ1) is 13.8. The maximum absolute atomic E-state index is 4.50. The van der Waals surface area contributed by atoms with E-state index in [1.54, 1.807) is 24.2 Å². The molecule has 0 aliphatic rings. The Morgan fingerprint density at radius 1 is 1.05 bits per heavy atom. The smallest absolute Gasteiger partial charge is 0.186 e. The Hall–Kier alpha value is -2.14. The van der Waals surface area contributed by atoms with Gasteiger partial charge >= 0.3 is 0 Å². The molecule has 0 aliphatic carbocycles. The zero-order chi connectivity index (χ0) is 14.7. The summed E-state index contributed by atoms with van der Waals surface area (Å²) in [7, 11) is 0. The fourth-order valence-electron chi connectivity index (χ4n) is 2.13. The first-order chi connectivity index (χ1) is 10.2. The van der Waals surface area contributed by atoms with Crippen LogP contribution in [0.1, 0.15) is 17.0 Å². The van der Waals surface area contributed by atoms with Gasteiger partial charge in [0.05, 0.1) is 5.69 Å². The molecule has 106 valence electrons. The lowest BCUT2D eigenvalue weighted by Crippen LogP contribution is -2.05. The second-order valence-electron chi connectivity index (χ2n) is 4.80. The molecule has 0 amide bonds. The lowest BCUT2D eigenvalue weighted by molar-refractivity contribution is 0.770. The van der Waals surface area contributed by atoms with Crippen molar-refractivity contribution in [3.05, 3.63) is 65.7 Å². The van der Waals surface area contributed by atoms with Crippen molar-refractivity contribution in [2.75, 3.05) is 0 Å². The topological polar surface area (TPSA) is 43.6 Å². The number of nitrogens with zero attached hydrogens (tertiary/aromatic N) is 4. The van der Waals surface area contributed by atoms with Gasteiger partial charge in [0.1, 0.15) is 5.03 Å². The van der Waals surface area contributed by atoms with Gasteiger partial charge in [0.15, 0.2) is 5.82 Å². The maximum atomic E-state index is 4.50. The molecule has 2 aromatic heterocycles. The first-order valence-corrected chi connectivity index (χ1v) is 7.74. The zero-order valence-electron chi connectivity index (χ0n) is 12.0. The van der Waals surface area contributed by atoms with Gasteiger partial charge in [-0.2, -0.15) is 5.10 Å². The molecule has 0 unspecified atom stereocenters. The predicted molar refractivity (Wildman–Crippen MR) is 84.6 cm³/mol. The number of thioether (sulfide) groups is 1. The molecule has 0 spiro atoms. The van der Waals surface area contributed by atoms with Crippen LogP contribution in [0.25, 0.3) is 5.82 Å². The summed E-state index contributed by atoms with van der Waals surface area (Å²) in [5.74, 6) is 1.66. The summed E-state index contributed by atoms with van der Waals surface area (Å²) in [5.41, 5.74) is 3.32. The van der Waals surface area contributed by atoms with Crippen molar-refractivity contribution >= 4 is 11.8 Å². The molecule has 0 saturated heterocycles. The van der Waals surface area contributed by atoms with Gasteiger partial charge in [0.2, 0.25) is 0 Å². The highest BCUT2D eigenvalue weighted by molar-refractivity contribution is 7.98. The van der Waals surface area contributed by atoms with Crippen LogP contribution in [0.4, 0.5) is 0 Å². The molecule has 3 rings (SSSR count). The summed E-state index contributed by atoms with van der Waals surface area (Å²) in [6, 6.07) is 12.4. The lowest BCUT2D eigenvalue weighted by Gasteiger charge is -2.08. The van der Waals surface area contributed by atoms with Gasteiger partial charge in [0.25, 0.3) is 0 Å². The van der Waals surface area contributed by atoms with E-state index in [0.29, 0.717) is 0 Å². The van der Waals surface area contributed by atoms with Crippen LogP contribution in [0.5, 0.6) is 0 Å². The largest absolute Gasteiger partial charge is 0.244 e. The number of hydrogen-bond donors (Lipinski definition) is 0. The molecule has 2 heterocycles. The van der Waals surface area contributed by atoms with E-state index in [4.69, 9.17) is 0 Å². The Morgan fingerprint density at radius 2 is 1.81 bits per heavy atom. The van der Waals surface area contributed by atoms with Crippen LogP contribution < -0.4 is 0 Å². The Bertz CT molecular complexity index is 737. The van der Waals surface area contributed by atoms with Gasteiger partial charge in [-0.1, -0.05) is 42.1 Å². The van der Waals surface area contributed by atoms with E-state index in [2.05, 4.69) is 39.3 Å². The number of aryl methyl sites for hydroxylation is 2. The molecule has 0 bridgehead atoms. The molecule has 1 aromatic carbocycles. The average molecular weight is 296 g/mol. The van der Waals surface area contributed by atoms with E-state index in [-0.39, 0.29) is 0 Å². The highest BCUT2D eigenvalue weighted by atomic mass is 32.2. The van der Waals surface area contributed by atoms with Gasteiger partial charge in [0, 0.05) is 23.8 Å². The Morgan fingerprint density at radius 3 is 2.52 bits per heavy atom. The van der Waals surface area contributed by atoms with Crippen LogP contribution in [0.15, 0.2) is 53.8 Å². The van der Waals surface area contributed by atoms with Crippen molar-refractivity contribution in [1.29, 1.82) is 0 Å². The van der Waals surface area contributed by atoms with Crippen molar-refractivity contribution in [2.24, 2.45) is 0 Å². The summed E-state index contributed by atoms with van der Waals surface area (Å²) < 4.78 is 1.86. The van der Waals surface area contributed by atoms with E-state index in [1.165, 1.54) is 5.56 Å². The van der Waals surface area contributed by atoms with Crippen molar-refractivity contribution in [2.45, 2.75) is 24.6 Å². The minimum atomic E-state index is 0.795. The molecular weight excluding hydrogens is 280 g/mol. The zero-order valence-corrected chi connectivity index (χ0v) is 12.8. The summed E-state index contributed by atoms with van der Waals surface area (Å²) in [6.07, 6.45) is 3.43. The van der Waals surface area contributed by atoms with E-state index in [1.807, 2.05) is 30.7 Å². The summed E-state index contributed by atoms with van der Waals surface area (Å²) in [4.78, 5) is 8.91. The van der Waals surface area contributed by atoms with Crippen molar-refractivity contribution in [3.63, 3.8) is 0 Å². The van der Waals surface area contributed by atoms with Gasteiger partial charge in [-0.3, -0.25) is 0 Å². The van der Waals surface area contributed by atoms with Gasteiger partial charge in [-0.15, -0.1) is 0 Å². The van der Waals surface area contributed by atoms with Crippen molar-refractivity contribution < 1.29 is 0 Å². The minimum absolute atomic E-state index is 0.795. The second kappa shape index (κ2) is 6.10. The number of benzene rings is 1. The molecule has 0 fully saturated rings. The third-order valence-electron chi connectivity index (χ3n) is 3.08. The fourth-order valence-corrected chi connectivity index (χ4v) is 3.03. The molecule has 5 heteroatoms. The highest BCUT2D eigenvalue weighted by Crippen LogP contribution is 2.25. The Balaban J connectivity index is 1.88. The average Bonchev–Trinajstić information content (AvgIpc) is 2.85. The molecule has 0 atom stereocenters. The summed E-state index contributed by atoms with van der Waals surface area (Å²) in [5, 5.41) is 5.39. The first-order valence-electron chi connectivity index (χ1n) is 6.75. The molecular formula is C16H16N4S. The second-order valence-corrected chi connectivity index (χ2v) is 5.76. The maximum Gasteiger partial charge on any atom is 0.186 e. The van der Waals surface area contributed by atoms with E-state index in [9.17, 15) is 0 Å². The summed E-state index contributed by atoms with van der Waals surface area (Å²) in [6.45, 7) is 4.01. The third-order valence-corrected chi connectivity index (χ3v) is 4.11. The van der Waals surface area contributed by atoms with Crippen LogP contribution in [-0.4, -0.2) is 19.7 Å². The normalized spacial score (nSPS) is 10.8. The van der Waals surface area contributed by atoms with Crippen LogP contribution in [0.3, 0.4) is 0 Å². The molecule has 4 nitrogen and oxygen atoms in total. The van der Waals surface area contributed by atoms with Gasteiger partial charge < -0.3 is 0 Å². The summed E-state index contributed by atoms with van der Waals surface area (Å²) >= 11 is 1.68. The SMILES string of the molecule is Cc1cc(C)n(-c2nccnc2SCc2ccccc2)n1. The number of hydrogen-bond acceptors (Lipinski definition) is 4. The van der Waals surface area contributed by atoms with E-state index in [0.717, 1.165) is 28.0 Å². The molecule has 21 heavy (non-hydrogen) atoms. The van der Waals surface area contributed by atoms with Crippen LogP contribution in [-0.2, 0) is 5.75 Å². The van der Waals surface area contributed by atoms with Crippen molar-refractivity contribution in [3.8, 4) is 5.82 Å². The Labute approximate surface area is 128 Å². The van der Waals surface area contributed by atoms with Gasteiger partial charge in [-0.25, -0.2) is 14.6 Å². The van der Waals surface area contributed by atoms with Crippen LogP contribution in [0.2, 0.25) is 0 Å².